The van der Waals surface area contributed by atoms with Crippen LogP contribution >= 0.6 is 35.3 Å². The summed E-state index contributed by atoms with van der Waals surface area (Å²) in [5.41, 5.74) is 1.22. The summed E-state index contributed by atoms with van der Waals surface area (Å²) >= 11 is 1.82. The zero-order valence-corrected chi connectivity index (χ0v) is 20.5. The van der Waals surface area contributed by atoms with Crippen LogP contribution in [0.3, 0.4) is 0 Å². The summed E-state index contributed by atoms with van der Waals surface area (Å²) in [6, 6.07) is 15.2. The fourth-order valence-electron chi connectivity index (χ4n) is 3.44. The summed E-state index contributed by atoms with van der Waals surface area (Å²) in [6.07, 6.45) is 3.36. The number of nitrogens with one attached hydrogen (secondary N) is 2. The summed E-state index contributed by atoms with van der Waals surface area (Å²) in [5.74, 6) is 0.894. The molecule has 1 saturated heterocycles. The third-order valence-electron chi connectivity index (χ3n) is 5.13. The molecule has 2 heterocycles. The Balaban J connectivity index is 0.00000300. The first kappa shape index (κ1) is 24.0. The molecular formula is C22H33IN4OS. The molecule has 0 aliphatic carbocycles. The van der Waals surface area contributed by atoms with Crippen molar-refractivity contribution >= 4 is 46.3 Å². The number of hydrogen-bond acceptors (Lipinski definition) is 4. The van der Waals surface area contributed by atoms with E-state index in [9.17, 15) is 0 Å². The quantitative estimate of drug-likeness (QED) is 0.226. The van der Waals surface area contributed by atoms with E-state index in [0.717, 1.165) is 51.5 Å². The number of anilines is 1. The fraction of sp³-hybridized carbons (Fsp3) is 0.500. The Morgan fingerprint density at radius 1 is 1.21 bits per heavy atom. The Bertz CT molecular complexity index is 703. The molecule has 0 amide bonds. The van der Waals surface area contributed by atoms with Gasteiger partial charge in [0.25, 0.3) is 0 Å². The highest BCUT2D eigenvalue weighted by Gasteiger charge is 2.20. The van der Waals surface area contributed by atoms with Crippen LogP contribution in [0.1, 0.15) is 37.9 Å². The van der Waals surface area contributed by atoms with Crippen molar-refractivity contribution in [1.82, 2.24) is 10.6 Å². The van der Waals surface area contributed by atoms with Gasteiger partial charge >= 0.3 is 0 Å². The molecule has 5 nitrogen and oxygen atoms in total. The highest BCUT2D eigenvalue weighted by Crippen LogP contribution is 2.24. The Labute approximate surface area is 196 Å². The topological polar surface area (TPSA) is 48.9 Å². The van der Waals surface area contributed by atoms with E-state index in [0.29, 0.717) is 6.04 Å². The van der Waals surface area contributed by atoms with E-state index in [-0.39, 0.29) is 30.1 Å². The second kappa shape index (κ2) is 13.1. The number of hydrogen-bond donors (Lipinski definition) is 2. The molecule has 2 aromatic rings. The molecule has 1 aromatic heterocycles. The standard InChI is InChI=1S/C22H32N4OS.HI/c1-18(19-8-4-3-5-9-19)27-16-7-13-24-22(23-2)25-20-11-14-26(15-12-20)21-10-6-17-28-21;/h3-6,8-10,17-18,20H,7,11-16H2,1-2H3,(H2,23,24,25);1H. The minimum absolute atomic E-state index is 0. The van der Waals surface area contributed by atoms with Crippen LogP contribution in [0.5, 0.6) is 0 Å². The molecule has 1 aliphatic heterocycles. The molecule has 0 spiro atoms. The lowest BCUT2D eigenvalue weighted by molar-refractivity contribution is 0.0646. The molecule has 1 unspecified atom stereocenters. The first-order valence-electron chi connectivity index (χ1n) is 10.2. The smallest absolute Gasteiger partial charge is 0.191 e. The number of guanidine groups is 1. The van der Waals surface area contributed by atoms with Crippen LogP contribution in [0.15, 0.2) is 52.8 Å². The van der Waals surface area contributed by atoms with Crippen molar-refractivity contribution in [3.8, 4) is 0 Å². The van der Waals surface area contributed by atoms with E-state index in [1.54, 1.807) is 0 Å². The number of ether oxygens (including phenoxy) is 1. The van der Waals surface area contributed by atoms with Crippen molar-refractivity contribution in [2.45, 2.75) is 38.3 Å². The first-order chi connectivity index (χ1) is 13.8. The minimum atomic E-state index is 0. The van der Waals surface area contributed by atoms with Crippen molar-refractivity contribution in [2.75, 3.05) is 38.2 Å². The van der Waals surface area contributed by atoms with Crippen LogP contribution in [-0.2, 0) is 4.74 Å². The van der Waals surface area contributed by atoms with Gasteiger partial charge in [0.1, 0.15) is 0 Å². The normalized spacial score (nSPS) is 16.2. The van der Waals surface area contributed by atoms with Crippen LogP contribution in [0.4, 0.5) is 5.00 Å². The van der Waals surface area contributed by atoms with E-state index < -0.39 is 0 Å². The van der Waals surface area contributed by atoms with Gasteiger partial charge in [0.2, 0.25) is 0 Å². The van der Waals surface area contributed by atoms with Gasteiger partial charge in [0.15, 0.2) is 5.96 Å². The van der Waals surface area contributed by atoms with E-state index >= 15 is 0 Å². The Kier molecular flexibility index (Phi) is 10.8. The molecule has 3 rings (SSSR count). The summed E-state index contributed by atoms with van der Waals surface area (Å²) in [4.78, 5) is 6.85. The van der Waals surface area contributed by atoms with E-state index in [4.69, 9.17) is 4.74 Å². The van der Waals surface area contributed by atoms with Crippen LogP contribution in [-0.4, -0.2) is 45.3 Å². The number of piperidine rings is 1. The molecule has 0 radical (unpaired) electrons. The molecule has 2 N–H and O–H groups in total. The average molecular weight is 529 g/mol. The molecule has 1 aromatic carbocycles. The first-order valence-corrected chi connectivity index (χ1v) is 11.1. The SMILES string of the molecule is CN=C(NCCCOC(C)c1ccccc1)NC1CCN(c2cccs2)CC1.I. The van der Waals surface area contributed by atoms with Gasteiger partial charge in [0, 0.05) is 39.3 Å². The highest BCUT2D eigenvalue weighted by atomic mass is 127. The minimum Gasteiger partial charge on any atom is -0.374 e. The van der Waals surface area contributed by atoms with E-state index in [1.807, 2.05) is 24.5 Å². The zero-order chi connectivity index (χ0) is 19.6. The van der Waals surface area contributed by atoms with Crippen molar-refractivity contribution in [3.63, 3.8) is 0 Å². The molecule has 0 saturated carbocycles. The van der Waals surface area contributed by atoms with Gasteiger partial charge in [0.05, 0.1) is 11.1 Å². The maximum atomic E-state index is 5.94. The number of thiophene rings is 1. The molecule has 1 fully saturated rings. The van der Waals surface area contributed by atoms with Crippen LogP contribution in [0.25, 0.3) is 0 Å². The Morgan fingerprint density at radius 3 is 2.62 bits per heavy atom. The number of rotatable bonds is 8. The Morgan fingerprint density at radius 2 is 1.97 bits per heavy atom. The molecule has 1 atom stereocenters. The van der Waals surface area contributed by atoms with E-state index in [2.05, 4.69) is 69.2 Å². The monoisotopic (exact) mass is 528 g/mol. The number of benzene rings is 1. The maximum Gasteiger partial charge on any atom is 0.191 e. The van der Waals surface area contributed by atoms with Crippen molar-refractivity contribution < 1.29 is 4.74 Å². The summed E-state index contributed by atoms with van der Waals surface area (Å²) < 4.78 is 5.94. The van der Waals surface area contributed by atoms with Crippen molar-refractivity contribution in [1.29, 1.82) is 0 Å². The predicted molar refractivity (Wildman–Crippen MR) is 135 cm³/mol. The van der Waals surface area contributed by atoms with Gasteiger partial charge in [-0.05, 0) is 49.3 Å². The van der Waals surface area contributed by atoms with Gasteiger partial charge in [-0.2, -0.15) is 0 Å². The van der Waals surface area contributed by atoms with Crippen LogP contribution in [0, 0.1) is 0 Å². The summed E-state index contributed by atoms with van der Waals surface area (Å²) in [7, 11) is 1.84. The largest absolute Gasteiger partial charge is 0.374 e. The second-order valence-electron chi connectivity index (χ2n) is 7.13. The summed E-state index contributed by atoms with van der Waals surface area (Å²) in [5, 5.41) is 10.5. The average Bonchev–Trinajstić information content (AvgIpc) is 3.28. The lowest BCUT2D eigenvalue weighted by Gasteiger charge is -2.33. The number of nitrogens with zero attached hydrogens (tertiary/aromatic N) is 2. The lowest BCUT2D eigenvalue weighted by atomic mass is 10.1. The summed E-state index contributed by atoms with van der Waals surface area (Å²) in [6.45, 7) is 5.89. The van der Waals surface area contributed by atoms with Gasteiger partial charge in [-0.15, -0.1) is 35.3 Å². The van der Waals surface area contributed by atoms with Crippen LogP contribution < -0.4 is 15.5 Å². The van der Waals surface area contributed by atoms with E-state index in [1.165, 1.54) is 10.6 Å². The molecule has 0 bridgehead atoms. The molecule has 160 valence electrons. The maximum absolute atomic E-state index is 5.94. The van der Waals surface area contributed by atoms with Gasteiger partial charge in [-0.3, -0.25) is 4.99 Å². The zero-order valence-electron chi connectivity index (χ0n) is 17.3. The molecule has 29 heavy (non-hydrogen) atoms. The molecular weight excluding hydrogens is 495 g/mol. The lowest BCUT2D eigenvalue weighted by Crippen LogP contribution is -2.48. The third kappa shape index (κ3) is 7.79. The van der Waals surface area contributed by atoms with Gasteiger partial charge in [-0.1, -0.05) is 30.3 Å². The second-order valence-corrected chi connectivity index (χ2v) is 8.06. The number of aliphatic imine (C=N–C) groups is 1. The highest BCUT2D eigenvalue weighted by molar-refractivity contribution is 14.0. The Hall–Kier alpha value is -1.32. The molecule has 1 aliphatic rings. The predicted octanol–water partition coefficient (Wildman–Crippen LogP) is 4.67. The van der Waals surface area contributed by atoms with Crippen molar-refractivity contribution in [2.24, 2.45) is 4.99 Å². The van der Waals surface area contributed by atoms with Crippen LogP contribution in [0.2, 0.25) is 0 Å². The van der Waals surface area contributed by atoms with Crippen molar-refractivity contribution in [3.05, 3.63) is 53.4 Å². The van der Waals surface area contributed by atoms with Gasteiger partial charge < -0.3 is 20.3 Å². The van der Waals surface area contributed by atoms with Gasteiger partial charge in [-0.25, -0.2) is 0 Å². The number of halogens is 1. The molecule has 7 heteroatoms. The fourth-order valence-corrected chi connectivity index (χ4v) is 4.23. The third-order valence-corrected chi connectivity index (χ3v) is 6.06.